The number of nitrogens with one attached hydrogen (secondary N) is 1. The fraction of sp³-hybridized carbons (Fsp3) is 0.917. The highest BCUT2D eigenvalue weighted by atomic mass is 32.2. The summed E-state index contributed by atoms with van der Waals surface area (Å²) in [4.78, 5) is 4.27. The summed E-state index contributed by atoms with van der Waals surface area (Å²) in [5.41, 5.74) is -0.345. The highest BCUT2D eigenvalue weighted by Crippen LogP contribution is 2.37. The molecule has 2 rings (SSSR count). The molecule has 0 saturated carbocycles. The van der Waals surface area contributed by atoms with Gasteiger partial charge in [0, 0.05) is 7.05 Å². The zero-order valence-corrected chi connectivity index (χ0v) is 12.0. The Bertz CT molecular complexity index is 342. The number of ether oxygens (including phenoxy) is 1. The van der Waals surface area contributed by atoms with E-state index in [-0.39, 0.29) is 5.44 Å². The van der Waals surface area contributed by atoms with Crippen molar-refractivity contribution in [2.45, 2.75) is 62.1 Å². The van der Waals surface area contributed by atoms with Crippen molar-refractivity contribution in [1.82, 2.24) is 5.32 Å². The molecule has 0 aromatic heterocycles. The molecule has 110 valence electrons. The van der Waals surface area contributed by atoms with Crippen LogP contribution in [0.3, 0.4) is 0 Å². The van der Waals surface area contributed by atoms with Crippen LogP contribution in [0.5, 0.6) is 0 Å². The van der Waals surface area contributed by atoms with Crippen LogP contribution >= 0.6 is 11.8 Å². The van der Waals surface area contributed by atoms with Crippen molar-refractivity contribution >= 4 is 16.9 Å². The molecule has 2 aliphatic heterocycles. The van der Waals surface area contributed by atoms with Crippen LogP contribution < -0.4 is 5.32 Å². The number of aliphatic hydroxyl groups excluding tert-OH is 3. The second kappa shape index (κ2) is 6.41. The highest BCUT2D eigenvalue weighted by molar-refractivity contribution is 8.14. The van der Waals surface area contributed by atoms with E-state index in [9.17, 15) is 15.3 Å². The molecule has 2 aliphatic rings. The van der Waals surface area contributed by atoms with Crippen molar-refractivity contribution in [3.05, 3.63) is 0 Å². The molecule has 0 spiro atoms. The molecular weight excluding hydrogens is 268 g/mol. The van der Waals surface area contributed by atoms with Crippen LogP contribution in [0.15, 0.2) is 4.99 Å². The minimum atomic E-state index is -1.10. The summed E-state index contributed by atoms with van der Waals surface area (Å²) >= 11 is 1.38. The van der Waals surface area contributed by atoms with Gasteiger partial charge in [0.25, 0.3) is 0 Å². The predicted molar refractivity (Wildman–Crippen MR) is 74.1 cm³/mol. The van der Waals surface area contributed by atoms with Crippen LogP contribution in [0.4, 0.5) is 0 Å². The third-order valence-electron chi connectivity index (χ3n) is 3.55. The van der Waals surface area contributed by atoms with E-state index in [2.05, 4.69) is 10.3 Å². The van der Waals surface area contributed by atoms with Crippen LogP contribution in [0.25, 0.3) is 0 Å². The maximum Gasteiger partial charge on any atom is 0.159 e. The molecule has 6 atom stereocenters. The van der Waals surface area contributed by atoms with Crippen molar-refractivity contribution < 1.29 is 20.1 Å². The van der Waals surface area contributed by atoms with Gasteiger partial charge in [-0.15, -0.1) is 0 Å². The average molecular weight is 290 g/mol. The third-order valence-corrected chi connectivity index (χ3v) is 4.70. The first-order valence-corrected chi connectivity index (χ1v) is 7.58. The SMILES string of the molecule is CCCC[C@@H](O)[C@H]1O[C@@H]2SC(NC)=N[C@@H]2[C@@H](O)[C@@H]1O. The Balaban J connectivity index is 2.02. The largest absolute Gasteiger partial charge is 0.390 e. The number of aliphatic hydroxyl groups is 3. The fourth-order valence-corrected chi connectivity index (χ4v) is 3.47. The Hall–Kier alpha value is -0.340. The van der Waals surface area contributed by atoms with Crippen molar-refractivity contribution in [2.75, 3.05) is 7.05 Å². The smallest absolute Gasteiger partial charge is 0.159 e. The van der Waals surface area contributed by atoms with E-state index >= 15 is 0 Å². The van der Waals surface area contributed by atoms with Crippen molar-refractivity contribution in [1.29, 1.82) is 0 Å². The molecule has 0 amide bonds. The van der Waals surface area contributed by atoms with Gasteiger partial charge >= 0.3 is 0 Å². The molecule has 0 unspecified atom stereocenters. The topological polar surface area (TPSA) is 94.3 Å². The minimum absolute atomic E-state index is 0.345. The van der Waals surface area contributed by atoms with Crippen molar-refractivity contribution in [3.8, 4) is 0 Å². The number of hydrogen-bond acceptors (Lipinski definition) is 7. The number of nitrogens with zero attached hydrogens (tertiary/aromatic N) is 1. The molecule has 1 fully saturated rings. The number of unbranched alkanes of at least 4 members (excludes halogenated alkanes) is 1. The van der Waals surface area contributed by atoms with E-state index in [1.165, 1.54) is 11.8 Å². The standard InChI is InChI=1S/C12H22N2O4S/c1-3-4-5-6(15)10-9(17)8(16)7-11(18-10)19-12(13-2)14-7/h6-11,15-17H,3-5H2,1-2H3,(H,13,14)/t6-,7-,8-,9+,10-,11-/m1/s1. The lowest BCUT2D eigenvalue weighted by Gasteiger charge is -2.40. The number of rotatable bonds is 4. The Morgan fingerprint density at radius 2 is 2.16 bits per heavy atom. The maximum absolute atomic E-state index is 10.1. The summed E-state index contributed by atoms with van der Waals surface area (Å²) < 4.78 is 5.73. The lowest BCUT2D eigenvalue weighted by Crippen LogP contribution is -2.58. The van der Waals surface area contributed by atoms with Gasteiger partial charge in [0.15, 0.2) is 5.17 Å². The number of thioether (sulfide) groups is 1. The monoisotopic (exact) mass is 290 g/mol. The van der Waals surface area contributed by atoms with E-state index < -0.39 is 30.5 Å². The molecular formula is C12H22N2O4S. The summed E-state index contributed by atoms with van der Waals surface area (Å²) in [5.74, 6) is 0. The van der Waals surface area contributed by atoms with E-state index in [0.29, 0.717) is 11.6 Å². The first-order valence-electron chi connectivity index (χ1n) is 6.70. The number of fused-ring (bicyclic) bond motifs is 1. The van der Waals surface area contributed by atoms with Crippen molar-refractivity contribution in [2.24, 2.45) is 4.99 Å². The van der Waals surface area contributed by atoms with Crippen LogP contribution in [0.2, 0.25) is 0 Å². The Kier molecular flexibility index (Phi) is 5.08. The van der Waals surface area contributed by atoms with Gasteiger partial charge in [0.1, 0.15) is 29.8 Å². The maximum atomic E-state index is 10.1. The molecule has 7 heteroatoms. The Morgan fingerprint density at radius 3 is 2.79 bits per heavy atom. The molecule has 0 aliphatic carbocycles. The van der Waals surface area contributed by atoms with E-state index in [4.69, 9.17) is 4.74 Å². The lowest BCUT2D eigenvalue weighted by atomic mass is 9.93. The van der Waals surface area contributed by atoms with Gasteiger partial charge < -0.3 is 25.4 Å². The summed E-state index contributed by atoms with van der Waals surface area (Å²) in [7, 11) is 1.75. The van der Waals surface area contributed by atoms with Crippen LogP contribution in [0, 0.1) is 0 Å². The van der Waals surface area contributed by atoms with Gasteiger partial charge in [-0.05, 0) is 6.42 Å². The second-order valence-corrected chi connectivity index (χ2v) is 6.04. The normalized spacial score (nSPS) is 39.6. The molecule has 4 N–H and O–H groups in total. The predicted octanol–water partition coefficient (Wildman–Crippen LogP) is -0.325. The van der Waals surface area contributed by atoms with Gasteiger partial charge in [-0.3, -0.25) is 4.99 Å². The van der Waals surface area contributed by atoms with Gasteiger partial charge in [0.05, 0.1) is 6.10 Å². The molecule has 2 heterocycles. The average Bonchev–Trinajstić information content (AvgIpc) is 2.83. The van der Waals surface area contributed by atoms with Crippen LogP contribution in [-0.2, 0) is 4.74 Å². The van der Waals surface area contributed by atoms with Gasteiger partial charge in [0.2, 0.25) is 0 Å². The summed E-state index contributed by atoms with van der Waals surface area (Å²) in [5, 5.41) is 33.9. The molecule has 1 saturated heterocycles. The molecule has 0 bridgehead atoms. The number of aliphatic imine (C=N–C) groups is 1. The van der Waals surface area contributed by atoms with Crippen LogP contribution in [0.1, 0.15) is 26.2 Å². The van der Waals surface area contributed by atoms with E-state index in [1.54, 1.807) is 7.05 Å². The summed E-state index contributed by atoms with van der Waals surface area (Å²) in [6, 6.07) is -0.475. The number of amidine groups is 1. The zero-order valence-electron chi connectivity index (χ0n) is 11.2. The molecule has 19 heavy (non-hydrogen) atoms. The first-order chi connectivity index (χ1) is 9.08. The number of hydrogen-bond donors (Lipinski definition) is 4. The summed E-state index contributed by atoms with van der Waals surface area (Å²) in [6.45, 7) is 2.04. The quantitative estimate of drug-likeness (QED) is 0.567. The fourth-order valence-electron chi connectivity index (χ4n) is 2.40. The molecule has 6 nitrogen and oxygen atoms in total. The third kappa shape index (κ3) is 3.05. The van der Waals surface area contributed by atoms with Crippen LogP contribution in [-0.4, -0.2) is 63.4 Å². The van der Waals surface area contributed by atoms with Gasteiger partial charge in [-0.1, -0.05) is 31.5 Å². The summed E-state index contributed by atoms with van der Waals surface area (Å²) in [6.07, 6.45) is -1.22. The molecule has 0 aromatic rings. The Labute approximate surface area is 117 Å². The Morgan fingerprint density at radius 1 is 1.42 bits per heavy atom. The highest BCUT2D eigenvalue weighted by Gasteiger charge is 2.49. The van der Waals surface area contributed by atoms with Gasteiger partial charge in [-0.25, -0.2) is 0 Å². The minimum Gasteiger partial charge on any atom is -0.390 e. The van der Waals surface area contributed by atoms with Gasteiger partial charge in [-0.2, -0.15) is 0 Å². The molecule has 0 aromatic carbocycles. The van der Waals surface area contributed by atoms with Crippen molar-refractivity contribution in [3.63, 3.8) is 0 Å². The second-order valence-electron chi connectivity index (χ2n) is 4.95. The zero-order chi connectivity index (χ0) is 14.0. The van der Waals surface area contributed by atoms with E-state index in [0.717, 1.165) is 12.8 Å². The van der Waals surface area contributed by atoms with E-state index in [1.807, 2.05) is 6.92 Å². The first kappa shape index (κ1) is 15.1. The molecule has 0 radical (unpaired) electrons. The lowest BCUT2D eigenvalue weighted by molar-refractivity contribution is -0.185.